The highest BCUT2D eigenvalue weighted by Crippen LogP contribution is 2.45. The van der Waals surface area contributed by atoms with E-state index in [1.165, 1.54) is 0 Å². The van der Waals surface area contributed by atoms with Crippen LogP contribution in [0.2, 0.25) is 0 Å². The Balaban J connectivity index is 1.62. The minimum atomic E-state index is -0.935. The Morgan fingerprint density at radius 1 is 1.03 bits per heavy atom. The van der Waals surface area contributed by atoms with Crippen LogP contribution in [0.4, 0.5) is 5.69 Å². The number of benzene rings is 2. The summed E-state index contributed by atoms with van der Waals surface area (Å²) in [5, 5.41) is 2.91. The van der Waals surface area contributed by atoms with Gasteiger partial charge in [-0.25, -0.2) is 0 Å². The van der Waals surface area contributed by atoms with E-state index < -0.39 is 5.41 Å². The minimum absolute atomic E-state index is 0.0576. The van der Waals surface area contributed by atoms with E-state index in [9.17, 15) is 9.59 Å². The van der Waals surface area contributed by atoms with Crippen LogP contribution < -0.4 is 10.2 Å². The van der Waals surface area contributed by atoms with Crippen LogP contribution in [-0.2, 0) is 28.0 Å². The average molecular weight is 400 g/mol. The fourth-order valence-corrected chi connectivity index (χ4v) is 4.10. The maximum atomic E-state index is 13.5. The molecule has 4 rings (SSSR count). The van der Waals surface area contributed by atoms with Crippen LogP contribution >= 0.6 is 0 Å². The van der Waals surface area contributed by atoms with E-state index in [2.05, 4.69) is 15.3 Å². The smallest absolute Gasteiger partial charge is 0.238 e. The monoisotopic (exact) mass is 400 g/mol. The third kappa shape index (κ3) is 3.68. The third-order valence-electron chi connectivity index (χ3n) is 5.61. The van der Waals surface area contributed by atoms with Crippen LogP contribution in [0.25, 0.3) is 0 Å². The van der Waals surface area contributed by atoms with Crippen molar-refractivity contribution in [2.24, 2.45) is 0 Å². The number of carbonyl (C=O) groups excluding carboxylic acids is 2. The lowest BCUT2D eigenvalue weighted by Gasteiger charge is -2.28. The number of nitrogens with one attached hydrogen (secondary N) is 1. The standard InChI is InChI=1S/C24H24N4O2/c1-17-14-26-19(15-25-17)16-27-22(29)13-24(12-18-8-4-3-5-9-18)20-10-6-7-11-21(20)28(2)23(24)30/h3-11,14-15H,12-13,16H2,1-2H3,(H,27,29)/t24-/m0/s1. The van der Waals surface area contributed by atoms with Gasteiger partial charge in [-0.05, 0) is 30.5 Å². The number of rotatable bonds is 6. The van der Waals surface area contributed by atoms with Crippen LogP contribution in [0, 0.1) is 6.92 Å². The molecule has 0 unspecified atom stereocenters. The largest absolute Gasteiger partial charge is 0.350 e. The van der Waals surface area contributed by atoms with Crippen molar-refractivity contribution >= 4 is 17.5 Å². The van der Waals surface area contributed by atoms with E-state index in [4.69, 9.17) is 0 Å². The van der Waals surface area contributed by atoms with Crippen LogP contribution in [0.5, 0.6) is 0 Å². The van der Waals surface area contributed by atoms with Crippen molar-refractivity contribution in [2.75, 3.05) is 11.9 Å². The maximum absolute atomic E-state index is 13.5. The topological polar surface area (TPSA) is 75.2 Å². The van der Waals surface area contributed by atoms with Crippen molar-refractivity contribution in [1.29, 1.82) is 0 Å². The highest BCUT2D eigenvalue weighted by molar-refractivity contribution is 6.09. The number of para-hydroxylation sites is 1. The van der Waals surface area contributed by atoms with E-state index in [-0.39, 0.29) is 24.8 Å². The van der Waals surface area contributed by atoms with E-state index >= 15 is 0 Å². The summed E-state index contributed by atoms with van der Waals surface area (Å²) in [6, 6.07) is 17.6. The number of hydrogen-bond donors (Lipinski definition) is 1. The Morgan fingerprint density at radius 2 is 1.77 bits per heavy atom. The number of hydrogen-bond acceptors (Lipinski definition) is 4. The predicted octanol–water partition coefficient (Wildman–Crippen LogP) is 2.95. The molecule has 0 fully saturated rings. The first-order valence-electron chi connectivity index (χ1n) is 9.95. The number of likely N-dealkylation sites (N-methyl/N-ethyl adjacent to an activating group) is 1. The molecule has 1 aromatic heterocycles. The molecular formula is C24H24N4O2. The van der Waals surface area contributed by atoms with Crippen molar-refractivity contribution in [2.45, 2.75) is 31.7 Å². The summed E-state index contributed by atoms with van der Waals surface area (Å²) in [6.07, 6.45) is 3.86. The van der Waals surface area contributed by atoms with Crippen molar-refractivity contribution in [3.8, 4) is 0 Å². The second-order valence-electron chi connectivity index (χ2n) is 7.73. The first-order valence-corrected chi connectivity index (χ1v) is 9.95. The molecule has 0 aliphatic carbocycles. The number of nitrogens with zero attached hydrogens (tertiary/aromatic N) is 3. The zero-order valence-electron chi connectivity index (χ0n) is 17.1. The molecule has 6 heteroatoms. The molecule has 3 aromatic rings. The molecule has 0 saturated carbocycles. The molecule has 2 amide bonds. The quantitative estimate of drug-likeness (QED) is 0.690. The van der Waals surface area contributed by atoms with Crippen molar-refractivity contribution in [1.82, 2.24) is 15.3 Å². The predicted molar refractivity (Wildman–Crippen MR) is 115 cm³/mol. The zero-order valence-corrected chi connectivity index (χ0v) is 17.1. The van der Waals surface area contributed by atoms with Crippen LogP contribution in [0.15, 0.2) is 67.0 Å². The molecule has 2 heterocycles. The summed E-state index contributed by atoms with van der Waals surface area (Å²) >= 11 is 0. The molecule has 0 radical (unpaired) electrons. The molecule has 1 aliphatic rings. The number of anilines is 1. The van der Waals surface area contributed by atoms with Crippen LogP contribution in [0.3, 0.4) is 0 Å². The van der Waals surface area contributed by atoms with Gasteiger partial charge in [0.25, 0.3) is 0 Å². The molecule has 0 saturated heterocycles. The number of fused-ring (bicyclic) bond motifs is 1. The summed E-state index contributed by atoms with van der Waals surface area (Å²) in [6.45, 7) is 2.14. The van der Waals surface area contributed by atoms with Gasteiger partial charge < -0.3 is 10.2 Å². The van der Waals surface area contributed by atoms with Gasteiger partial charge in [-0.1, -0.05) is 48.5 Å². The maximum Gasteiger partial charge on any atom is 0.238 e. The van der Waals surface area contributed by atoms with Gasteiger partial charge in [0, 0.05) is 25.4 Å². The number of aryl methyl sites for hydroxylation is 1. The molecule has 30 heavy (non-hydrogen) atoms. The van der Waals surface area contributed by atoms with Gasteiger partial charge in [0.1, 0.15) is 0 Å². The fraction of sp³-hybridized carbons (Fsp3) is 0.250. The number of carbonyl (C=O) groups is 2. The van der Waals surface area contributed by atoms with E-state index in [0.29, 0.717) is 12.1 Å². The van der Waals surface area contributed by atoms with E-state index in [0.717, 1.165) is 22.5 Å². The van der Waals surface area contributed by atoms with Gasteiger partial charge in [-0.3, -0.25) is 19.6 Å². The summed E-state index contributed by atoms with van der Waals surface area (Å²) in [5.74, 6) is -0.246. The lowest BCUT2D eigenvalue weighted by atomic mass is 9.73. The molecule has 1 N–H and O–H groups in total. The molecule has 2 aromatic carbocycles. The Hall–Kier alpha value is -3.54. The third-order valence-corrected chi connectivity index (χ3v) is 5.61. The van der Waals surface area contributed by atoms with Gasteiger partial charge in [-0.15, -0.1) is 0 Å². The SMILES string of the molecule is Cc1cnc(CNC(=O)C[C@]2(Cc3ccccc3)C(=O)N(C)c3ccccc32)cn1. The van der Waals surface area contributed by atoms with Crippen molar-refractivity contribution < 1.29 is 9.59 Å². The Labute approximate surface area is 176 Å². The van der Waals surface area contributed by atoms with Crippen LogP contribution in [-0.4, -0.2) is 28.8 Å². The van der Waals surface area contributed by atoms with Crippen molar-refractivity contribution in [3.63, 3.8) is 0 Å². The fourth-order valence-electron chi connectivity index (χ4n) is 4.10. The highest BCUT2D eigenvalue weighted by atomic mass is 16.2. The summed E-state index contributed by atoms with van der Waals surface area (Å²) in [5.41, 5.74) is 3.34. The Bertz CT molecular complexity index is 1070. The van der Waals surface area contributed by atoms with Crippen LogP contribution in [0.1, 0.15) is 28.9 Å². The lowest BCUT2D eigenvalue weighted by molar-refractivity contribution is -0.129. The molecule has 6 nitrogen and oxygen atoms in total. The molecular weight excluding hydrogens is 376 g/mol. The highest BCUT2D eigenvalue weighted by Gasteiger charge is 2.50. The summed E-state index contributed by atoms with van der Waals surface area (Å²) in [7, 11) is 1.77. The van der Waals surface area contributed by atoms with Gasteiger partial charge >= 0.3 is 0 Å². The Kier molecular flexibility index (Phi) is 5.31. The molecule has 152 valence electrons. The van der Waals surface area contributed by atoms with E-state index in [1.807, 2.05) is 61.5 Å². The first kappa shape index (κ1) is 19.8. The molecule has 1 atom stereocenters. The summed E-state index contributed by atoms with van der Waals surface area (Å²) < 4.78 is 0. The molecule has 0 bridgehead atoms. The number of aromatic nitrogens is 2. The van der Waals surface area contributed by atoms with Crippen molar-refractivity contribution in [3.05, 3.63) is 89.5 Å². The molecule has 0 spiro atoms. The lowest BCUT2D eigenvalue weighted by Crippen LogP contribution is -2.44. The second-order valence-corrected chi connectivity index (χ2v) is 7.73. The zero-order chi connectivity index (χ0) is 21.1. The minimum Gasteiger partial charge on any atom is -0.350 e. The van der Waals surface area contributed by atoms with Gasteiger partial charge in [0.2, 0.25) is 11.8 Å². The first-order chi connectivity index (χ1) is 14.5. The second kappa shape index (κ2) is 8.06. The molecule has 1 aliphatic heterocycles. The Morgan fingerprint density at radius 3 is 2.50 bits per heavy atom. The normalized spacial score (nSPS) is 17.7. The van der Waals surface area contributed by atoms with Gasteiger partial charge in [-0.2, -0.15) is 0 Å². The van der Waals surface area contributed by atoms with Gasteiger partial charge in [0.15, 0.2) is 0 Å². The summed E-state index contributed by atoms with van der Waals surface area (Å²) in [4.78, 5) is 36.6. The van der Waals surface area contributed by atoms with E-state index in [1.54, 1.807) is 24.3 Å². The average Bonchev–Trinajstić information content (AvgIpc) is 2.96. The van der Waals surface area contributed by atoms with Gasteiger partial charge in [0.05, 0.1) is 29.5 Å². The number of amides is 2.